The third kappa shape index (κ3) is 40.3. The monoisotopic (exact) mass is 772 g/mol. The fourth-order valence-electron chi connectivity index (χ4n) is 4.79. The van der Waals surface area contributed by atoms with Gasteiger partial charge in [-0.25, -0.2) is 4.57 Å². The molecule has 0 aliphatic rings. The van der Waals surface area contributed by atoms with Gasteiger partial charge in [-0.1, -0.05) is 142 Å². The minimum Gasteiger partial charge on any atom is -0.457 e. The van der Waals surface area contributed by atoms with Gasteiger partial charge in [0.15, 0.2) is 0 Å². The number of ether oxygens (including phenoxy) is 2. The number of carbonyl (C=O) groups excluding carboxylic acids is 1. The number of phosphoric acid groups is 1. The topological polar surface area (TPSA) is 117 Å². The van der Waals surface area contributed by atoms with E-state index in [1.54, 1.807) is 0 Å². The third-order valence-electron chi connectivity index (χ3n) is 7.69. The predicted octanol–water partition coefficient (Wildman–Crippen LogP) is 12.1. The number of hydrogen-bond donors (Lipinski definition) is 2. The zero-order chi connectivity index (χ0) is 39.5. The van der Waals surface area contributed by atoms with Crippen LogP contribution in [0, 0.1) is 0 Å². The number of allylic oxidation sites excluding steroid dienone is 18. The molecule has 306 valence electrons. The van der Waals surface area contributed by atoms with E-state index in [0.29, 0.717) is 6.61 Å². The van der Waals surface area contributed by atoms with Gasteiger partial charge in [0.25, 0.3) is 0 Å². The highest BCUT2D eigenvalue weighted by Gasteiger charge is 2.25. The second kappa shape index (κ2) is 41.3. The van der Waals surface area contributed by atoms with Gasteiger partial charge < -0.3 is 20.1 Å². The molecule has 54 heavy (non-hydrogen) atoms. The highest BCUT2D eigenvalue weighted by atomic mass is 31.2. The number of phosphoric ester groups is 1. The molecule has 0 saturated heterocycles. The van der Waals surface area contributed by atoms with Crippen molar-refractivity contribution in [2.75, 3.05) is 33.0 Å². The van der Waals surface area contributed by atoms with Crippen molar-refractivity contribution in [3.05, 3.63) is 109 Å². The van der Waals surface area contributed by atoms with Gasteiger partial charge >= 0.3 is 13.8 Å². The molecule has 0 radical (unpaired) electrons. The van der Waals surface area contributed by atoms with Crippen molar-refractivity contribution in [1.82, 2.24) is 0 Å². The minimum absolute atomic E-state index is 0.0611. The van der Waals surface area contributed by atoms with Crippen LogP contribution in [0.4, 0.5) is 0 Å². The molecule has 3 N–H and O–H groups in total. The third-order valence-corrected chi connectivity index (χ3v) is 8.67. The Morgan fingerprint density at radius 2 is 0.981 bits per heavy atom. The van der Waals surface area contributed by atoms with Crippen LogP contribution in [0.2, 0.25) is 0 Å². The second-order valence-electron chi connectivity index (χ2n) is 12.7. The molecule has 0 amide bonds. The van der Waals surface area contributed by atoms with E-state index in [9.17, 15) is 14.3 Å². The number of hydrogen-bond acceptors (Lipinski definition) is 7. The molecule has 2 unspecified atom stereocenters. The van der Waals surface area contributed by atoms with E-state index in [1.807, 2.05) is 0 Å². The van der Waals surface area contributed by atoms with Crippen LogP contribution < -0.4 is 5.73 Å². The van der Waals surface area contributed by atoms with Crippen LogP contribution >= 0.6 is 7.82 Å². The van der Waals surface area contributed by atoms with Crippen LogP contribution in [0.15, 0.2) is 109 Å². The molecule has 9 heteroatoms. The maximum atomic E-state index is 12.6. The summed E-state index contributed by atoms with van der Waals surface area (Å²) in [4.78, 5) is 22.4. The molecule has 0 fully saturated rings. The molecule has 0 aliphatic heterocycles. The first-order valence-electron chi connectivity index (χ1n) is 20.4. The lowest BCUT2D eigenvalue weighted by atomic mass is 10.1. The molecule has 0 aromatic rings. The summed E-state index contributed by atoms with van der Waals surface area (Å²) < 4.78 is 33.3. The average Bonchev–Trinajstić information content (AvgIpc) is 3.16. The standard InChI is InChI=1S/C45H74NO7P/c1-3-5-7-9-11-13-15-17-19-20-21-22-23-25-27-29-31-33-35-37-40-50-42-44(43-52-54(48,49)51-41-39-46)53-45(47)38-36-34-32-30-28-26-24-18-16-14-12-10-8-6-4-2/h5-8,11-14,17-19,21-22,24-25,27,31,33,44H,3-4,9-10,15-16,20,23,26,28-30,32,34-43,46H2,1-2H3,(H,48,49)/b7-5-,8-6-,13-11-,14-12-,19-17-,22-21-,24-18-,27-25-,33-31-. The van der Waals surface area contributed by atoms with Gasteiger partial charge in [0, 0.05) is 19.6 Å². The van der Waals surface area contributed by atoms with E-state index in [1.165, 1.54) is 0 Å². The van der Waals surface area contributed by atoms with Gasteiger partial charge in [0.05, 0.1) is 19.8 Å². The Kier molecular flexibility index (Phi) is 39.2. The molecule has 0 bridgehead atoms. The smallest absolute Gasteiger partial charge is 0.457 e. The summed E-state index contributed by atoms with van der Waals surface area (Å²) in [7, 11) is -4.30. The minimum atomic E-state index is -4.30. The Labute approximate surface area is 329 Å². The molecule has 0 heterocycles. The summed E-state index contributed by atoms with van der Waals surface area (Å²) >= 11 is 0. The number of carbonyl (C=O) groups is 1. The molecule has 8 nitrogen and oxygen atoms in total. The van der Waals surface area contributed by atoms with Gasteiger partial charge in [0.1, 0.15) is 6.10 Å². The van der Waals surface area contributed by atoms with E-state index < -0.39 is 13.9 Å². The van der Waals surface area contributed by atoms with Crippen molar-refractivity contribution in [1.29, 1.82) is 0 Å². The van der Waals surface area contributed by atoms with E-state index in [2.05, 4.69) is 123 Å². The van der Waals surface area contributed by atoms with Crippen molar-refractivity contribution in [2.24, 2.45) is 5.73 Å². The zero-order valence-electron chi connectivity index (χ0n) is 33.7. The van der Waals surface area contributed by atoms with Crippen molar-refractivity contribution in [3.63, 3.8) is 0 Å². The highest BCUT2D eigenvalue weighted by molar-refractivity contribution is 7.47. The maximum absolute atomic E-state index is 12.6. The summed E-state index contributed by atoms with van der Waals surface area (Å²) in [5.74, 6) is -0.373. The van der Waals surface area contributed by atoms with Crippen molar-refractivity contribution in [2.45, 2.75) is 136 Å². The fraction of sp³-hybridized carbons (Fsp3) is 0.578. The number of nitrogens with two attached hydrogens (primary N) is 1. The molecule has 2 atom stereocenters. The largest absolute Gasteiger partial charge is 0.472 e. The first kappa shape index (κ1) is 51.2. The summed E-state index contributed by atoms with van der Waals surface area (Å²) in [5, 5.41) is 0. The molecule has 0 aromatic heterocycles. The first-order chi connectivity index (χ1) is 26.4. The van der Waals surface area contributed by atoms with E-state index in [-0.39, 0.29) is 38.8 Å². The van der Waals surface area contributed by atoms with Crippen LogP contribution in [-0.4, -0.2) is 49.9 Å². The molecular formula is C45H74NO7P. The van der Waals surface area contributed by atoms with Crippen LogP contribution in [0.25, 0.3) is 0 Å². The highest BCUT2D eigenvalue weighted by Crippen LogP contribution is 2.43. The molecule has 0 spiro atoms. The number of rotatable bonds is 37. The Bertz CT molecular complexity index is 1180. The lowest BCUT2D eigenvalue weighted by Crippen LogP contribution is -2.28. The normalized spacial score (nSPS) is 14.7. The predicted molar refractivity (Wildman–Crippen MR) is 228 cm³/mol. The Morgan fingerprint density at radius 1 is 0.556 bits per heavy atom. The first-order valence-corrected chi connectivity index (χ1v) is 21.9. The number of esters is 1. The van der Waals surface area contributed by atoms with Crippen LogP contribution in [-0.2, 0) is 27.9 Å². The van der Waals surface area contributed by atoms with Gasteiger partial charge in [-0.05, 0) is 89.9 Å². The van der Waals surface area contributed by atoms with Crippen LogP contribution in [0.1, 0.15) is 129 Å². The summed E-state index contributed by atoms with van der Waals surface area (Å²) in [5.41, 5.74) is 5.36. The fourth-order valence-corrected chi connectivity index (χ4v) is 5.55. The van der Waals surface area contributed by atoms with Crippen LogP contribution in [0.5, 0.6) is 0 Å². The van der Waals surface area contributed by atoms with Gasteiger partial charge in [0.2, 0.25) is 0 Å². The van der Waals surface area contributed by atoms with Crippen molar-refractivity contribution < 1.29 is 32.8 Å². The SMILES string of the molecule is CC/C=C\C/C=C\C/C=C\C/C=C\C/C=C\C/C=C\CCCOCC(COP(=O)(O)OCCN)OC(=O)CCCCCCC/C=C\C/C=C\C/C=C\CC. The summed E-state index contributed by atoms with van der Waals surface area (Å²) in [6, 6.07) is 0. The lowest BCUT2D eigenvalue weighted by molar-refractivity contribution is -0.154. The Balaban J connectivity index is 4.24. The maximum Gasteiger partial charge on any atom is 0.472 e. The molecule has 0 aliphatic carbocycles. The van der Waals surface area contributed by atoms with E-state index in [0.717, 1.165) is 109 Å². The molecular weight excluding hydrogens is 697 g/mol. The number of unbranched alkanes of at least 4 members (excludes halogenated alkanes) is 6. The second-order valence-corrected chi connectivity index (χ2v) is 14.2. The van der Waals surface area contributed by atoms with Crippen molar-refractivity contribution >= 4 is 13.8 Å². The summed E-state index contributed by atoms with van der Waals surface area (Å²) in [6.07, 6.45) is 55.5. The quantitative estimate of drug-likeness (QED) is 0.0277. The Morgan fingerprint density at radius 3 is 1.46 bits per heavy atom. The summed E-state index contributed by atoms with van der Waals surface area (Å²) in [6.45, 7) is 4.47. The Hall–Kier alpha value is -2.84. The van der Waals surface area contributed by atoms with E-state index in [4.69, 9.17) is 24.3 Å². The molecule has 0 rings (SSSR count). The molecule has 0 aromatic carbocycles. The molecule has 0 saturated carbocycles. The van der Waals surface area contributed by atoms with Crippen molar-refractivity contribution in [3.8, 4) is 0 Å². The zero-order valence-corrected chi connectivity index (χ0v) is 34.5. The lowest BCUT2D eigenvalue weighted by Gasteiger charge is -2.20. The van der Waals surface area contributed by atoms with E-state index >= 15 is 0 Å². The van der Waals surface area contributed by atoms with Gasteiger partial charge in [-0.15, -0.1) is 0 Å². The van der Waals surface area contributed by atoms with Gasteiger partial charge in [-0.3, -0.25) is 13.8 Å². The van der Waals surface area contributed by atoms with Gasteiger partial charge in [-0.2, -0.15) is 0 Å². The van der Waals surface area contributed by atoms with Crippen LogP contribution in [0.3, 0.4) is 0 Å². The average molecular weight is 772 g/mol.